The van der Waals surface area contributed by atoms with Gasteiger partial charge in [0.1, 0.15) is 11.1 Å². The molecule has 1 aromatic heterocycles. The zero-order valence-corrected chi connectivity index (χ0v) is 16.1. The molecule has 9 heteroatoms. The van der Waals surface area contributed by atoms with Crippen molar-refractivity contribution in [3.05, 3.63) is 86.4 Å². The van der Waals surface area contributed by atoms with Gasteiger partial charge in [-0.2, -0.15) is 0 Å². The van der Waals surface area contributed by atoms with Gasteiger partial charge in [-0.05, 0) is 42.5 Å². The third-order valence-corrected chi connectivity index (χ3v) is 4.90. The Morgan fingerprint density at radius 2 is 1.83 bits per heavy atom. The van der Waals surface area contributed by atoms with E-state index >= 15 is 0 Å². The van der Waals surface area contributed by atoms with Crippen molar-refractivity contribution in [1.82, 2.24) is 4.98 Å². The quantitative estimate of drug-likeness (QED) is 0.319. The number of benzene rings is 3. The summed E-state index contributed by atoms with van der Waals surface area (Å²) in [5.41, 5.74) is 1.79. The maximum atomic E-state index is 12.5. The highest BCUT2D eigenvalue weighted by molar-refractivity contribution is 6.42. The Morgan fingerprint density at radius 3 is 2.59 bits per heavy atom. The van der Waals surface area contributed by atoms with E-state index in [9.17, 15) is 14.9 Å². The SMILES string of the molecule is O=C(Nc1ccc2oc(-c3ccc(Cl)c(Cl)c3)nc2c1)c1ccccc1[N+](=O)[O-]. The lowest BCUT2D eigenvalue weighted by molar-refractivity contribution is -0.385. The summed E-state index contributed by atoms with van der Waals surface area (Å²) in [7, 11) is 0. The van der Waals surface area contributed by atoms with Gasteiger partial charge in [-0.3, -0.25) is 14.9 Å². The fraction of sp³-hybridized carbons (Fsp3) is 0. The second-order valence-electron chi connectivity index (χ2n) is 6.06. The van der Waals surface area contributed by atoms with E-state index in [0.717, 1.165) is 0 Å². The van der Waals surface area contributed by atoms with E-state index in [2.05, 4.69) is 10.3 Å². The van der Waals surface area contributed by atoms with Gasteiger partial charge in [0.15, 0.2) is 5.58 Å². The van der Waals surface area contributed by atoms with Crippen molar-refractivity contribution in [1.29, 1.82) is 0 Å². The number of hydrogen-bond donors (Lipinski definition) is 1. The molecular weight excluding hydrogens is 417 g/mol. The van der Waals surface area contributed by atoms with Gasteiger partial charge in [-0.15, -0.1) is 0 Å². The third-order valence-electron chi connectivity index (χ3n) is 4.16. The van der Waals surface area contributed by atoms with Crippen LogP contribution in [0.2, 0.25) is 10.0 Å². The molecule has 0 atom stereocenters. The molecule has 144 valence electrons. The van der Waals surface area contributed by atoms with Gasteiger partial charge in [0.25, 0.3) is 11.6 Å². The minimum Gasteiger partial charge on any atom is -0.436 e. The third kappa shape index (κ3) is 3.78. The fourth-order valence-electron chi connectivity index (χ4n) is 2.78. The standard InChI is InChI=1S/C20H11Cl2N3O4/c21-14-7-5-11(9-15(14)22)20-24-16-10-12(6-8-18(16)29-20)23-19(26)13-3-1-2-4-17(13)25(27)28/h1-10H,(H,23,26). The van der Waals surface area contributed by atoms with Crippen molar-refractivity contribution in [2.75, 3.05) is 5.32 Å². The first-order valence-electron chi connectivity index (χ1n) is 8.33. The largest absolute Gasteiger partial charge is 0.436 e. The molecule has 29 heavy (non-hydrogen) atoms. The molecule has 0 spiro atoms. The number of carbonyl (C=O) groups excluding carboxylic acids is 1. The summed E-state index contributed by atoms with van der Waals surface area (Å²) in [5.74, 6) is -0.245. The van der Waals surface area contributed by atoms with Crippen LogP contribution in [0, 0.1) is 10.1 Å². The van der Waals surface area contributed by atoms with Gasteiger partial charge in [-0.1, -0.05) is 35.3 Å². The minimum atomic E-state index is -0.598. The molecule has 1 amide bonds. The van der Waals surface area contributed by atoms with Crippen LogP contribution >= 0.6 is 23.2 Å². The van der Waals surface area contributed by atoms with Gasteiger partial charge in [0.05, 0.1) is 15.0 Å². The molecular formula is C20H11Cl2N3O4. The Balaban J connectivity index is 1.63. The number of carbonyl (C=O) groups is 1. The predicted octanol–water partition coefficient (Wildman–Crippen LogP) is 5.96. The van der Waals surface area contributed by atoms with Crippen LogP contribution in [-0.2, 0) is 0 Å². The van der Waals surface area contributed by atoms with Crippen LogP contribution < -0.4 is 5.32 Å². The van der Waals surface area contributed by atoms with Crippen molar-refractivity contribution >= 4 is 51.6 Å². The van der Waals surface area contributed by atoms with E-state index in [1.165, 1.54) is 18.2 Å². The lowest BCUT2D eigenvalue weighted by atomic mass is 10.1. The number of fused-ring (bicyclic) bond motifs is 1. The van der Waals surface area contributed by atoms with Crippen molar-refractivity contribution in [2.24, 2.45) is 0 Å². The summed E-state index contributed by atoms with van der Waals surface area (Å²) in [5, 5.41) is 14.6. The lowest BCUT2D eigenvalue weighted by Crippen LogP contribution is -2.13. The molecule has 0 aliphatic carbocycles. The second-order valence-corrected chi connectivity index (χ2v) is 6.87. The van der Waals surface area contributed by atoms with Gasteiger partial charge >= 0.3 is 0 Å². The van der Waals surface area contributed by atoms with Gasteiger partial charge in [0.2, 0.25) is 5.89 Å². The summed E-state index contributed by atoms with van der Waals surface area (Å²) < 4.78 is 5.73. The van der Waals surface area contributed by atoms with Crippen LogP contribution in [0.3, 0.4) is 0 Å². The summed E-state index contributed by atoms with van der Waals surface area (Å²) in [6.07, 6.45) is 0. The van der Waals surface area contributed by atoms with Gasteiger partial charge in [-0.25, -0.2) is 4.98 Å². The molecule has 0 aliphatic rings. The monoisotopic (exact) mass is 427 g/mol. The number of oxazole rings is 1. The highest BCUT2D eigenvalue weighted by Crippen LogP contribution is 2.31. The highest BCUT2D eigenvalue weighted by Gasteiger charge is 2.19. The molecule has 3 aromatic carbocycles. The number of rotatable bonds is 4. The molecule has 0 saturated heterocycles. The first-order chi connectivity index (χ1) is 13.9. The summed E-state index contributed by atoms with van der Waals surface area (Å²) in [6, 6.07) is 15.6. The van der Waals surface area contributed by atoms with E-state index in [4.69, 9.17) is 27.6 Å². The molecule has 0 bridgehead atoms. The van der Waals surface area contributed by atoms with Crippen LogP contribution in [0.15, 0.2) is 65.1 Å². The molecule has 4 rings (SSSR count). The molecule has 0 fully saturated rings. The average Bonchev–Trinajstić information content (AvgIpc) is 3.13. The predicted molar refractivity (Wildman–Crippen MR) is 111 cm³/mol. The Hall–Kier alpha value is -3.42. The van der Waals surface area contributed by atoms with Gasteiger partial charge in [0, 0.05) is 17.3 Å². The van der Waals surface area contributed by atoms with E-state index in [0.29, 0.717) is 38.3 Å². The number of aromatic nitrogens is 1. The Morgan fingerprint density at radius 1 is 1.03 bits per heavy atom. The van der Waals surface area contributed by atoms with Crippen molar-refractivity contribution in [2.45, 2.75) is 0 Å². The highest BCUT2D eigenvalue weighted by atomic mass is 35.5. The van der Waals surface area contributed by atoms with Gasteiger partial charge < -0.3 is 9.73 Å². The normalized spacial score (nSPS) is 10.8. The van der Waals surface area contributed by atoms with E-state index in [1.807, 2.05) is 0 Å². The smallest absolute Gasteiger partial charge is 0.282 e. The number of nitro groups is 1. The fourth-order valence-corrected chi connectivity index (χ4v) is 3.08. The number of halogens is 2. The first kappa shape index (κ1) is 18.9. The summed E-state index contributed by atoms with van der Waals surface area (Å²) in [6.45, 7) is 0. The van der Waals surface area contributed by atoms with E-state index < -0.39 is 10.8 Å². The number of hydrogen-bond acceptors (Lipinski definition) is 5. The van der Waals surface area contributed by atoms with Crippen molar-refractivity contribution in [3.8, 4) is 11.5 Å². The lowest BCUT2D eigenvalue weighted by Gasteiger charge is -2.05. The molecule has 1 heterocycles. The number of nitro benzene ring substituents is 1. The topological polar surface area (TPSA) is 98.3 Å². The van der Waals surface area contributed by atoms with E-state index in [1.54, 1.807) is 42.5 Å². The van der Waals surface area contributed by atoms with Crippen molar-refractivity contribution in [3.63, 3.8) is 0 Å². The Labute approximate surface area is 174 Å². The number of nitrogens with zero attached hydrogens (tertiary/aromatic N) is 2. The number of nitrogens with one attached hydrogen (secondary N) is 1. The first-order valence-corrected chi connectivity index (χ1v) is 9.09. The van der Waals surface area contributed by atoms with Crippen molar-refractivity contribution < 1.29 is 14.1 Å². The zero-order chi connectivity index (χ0) is 20.5. The van der Waals surface area contributed by atoms with Crippen LogP contribution in [-0.4, -0.2) is 15.8 Å². The molecule has 1 N–H and O–H groups in total. The van der Waals surface area contributed by atoms with E-state index in [-0.39, 0.29) is 11.3 Å². The number of amides is 1. The molecule has 0 radical (unpaired) electrons. The maximum Gasteiger partial charge on any atom is 0.282 e. The Kier molecular flexibility index (Phi) is 4.92. The minimum absolute atomic E-state index is 0.0331. The number of anilines is 1. The van der Waals surface area contributed by atoms with Crippen LogP contribution in [0.25, 0.3) is 22.6 Å². The molecule has 0 saturated carbocycles. The average molecular weight is 428 g/mol. The summed E-state index contributed by atoms with van der Waals surface area (Å²) >= 11 is 12.0. The Bertz CT molecular complexity index is 1270. The summed E-state index contributed by atoms with van der Waals surface area (Å²) in [4.78, 5) is 27.4. The molecule has 0 aliphatic heterocycles. The van der Waals surface area contributed by atoms with Crippen LogP contribution in [0.5, 0.6) is 0 Å². The molecule has 4 aromatic rings. The molecule has 7 nitrogen and oxygen atoms in total. The number of para-hydroxylation sites is 1. The maximum absolute atomic E-state index is 12.5. The zero-order valence-electron chi connectivity index (χ0n) is 14.6. The van der Waals surface area contributed by atoms with Crippen LogP contribution in [0.4, 0.5) is 11.4 Å². The second kappa shape index (κ2) is 7.54. The molecule has 0 unspecified atom stereocenters. The van der Waals surface area contributed by atoms with Crippen LogP contribution in [0.1, 0.15) is 10.4 Å².